The average molecular weight is 249 g/mol. The molecule has 1 aromatic carbocycles. The predicted octanol–water partition coefficient (Wildman–Crippen LogP) is 1.90. The molecule has 0 aromatic heterocycles. The van der Waals surface area contributed by atoms with Crippen molar-refractivity contribution in [3.05, 3.63) is 35.4 Å². The van der Waals surface area contributed by atoms with Gasteiger partial charge >= 0.3 is 0 Å². The lowest BCUT2D eigenvalue weighted by Gasteiger charge is -2.01. The zero-order chi connectivity index (χ0) is 12.6. The maximum absolute atomic E-state index is 11.5. The Labute approximate surface area is 102 Å². The van der Waals surface area contributed by atoms with Crippen molar-refractivity contribution in [1.82, 2.24) is 0 Å². The van der Waals surface area contributed by atoms with Gasteiger partial charge < -0.3 is 0 Å². The second-order valence-corrected chi connectivity index (χ2v) is 6.77. The van der Waals surface area contributed by atoms with Crippen LogP contribution < -0.4 is 0 Å². The van der Waals surface area contributed by atoms with Gasteiger partial charge in [0.1, 0.15) is 0 Å². The molecule has 0 radical (unpaired) electrons. The molecule has 1 aliphatic rings. The molecule has 0 N–H and O–H groups in total. The van der Waals surface area contributed by atoms with Crippen LogP contribution in [0.4, 0.5) is 0 Å². The molecule has 1 fully saturated rings. The van der Waals surface area contributed by atoms with E-state index >= 15 is 0 Å². The molecular weight excluding hydrogens is 234 g/mol. The smallest absolute Gasteiger partial charge is 0.152 e. The quantitative estimate of drug-likeness (QED) is 0.822. The third-order valence-electron chi connectivity index (χ3n) is 3.37. The summed E-state index contributed by atoms with van der Waals surface area (Å²) in [5.41, 5.74) is 2.18. The van der Waals surface area contributed by atoms with Crippen LogP contribution in [0.3, 0.4) is 0 Å². The van der Waals surface area contributed by atoms with E-state index < -0.39 is 15.1 Å². The van der Waals surface area contributed by atoms with Crippen molar-refractivity contribution in [1.29, 1.82) is 5.26 Å². The van der Waals surface area contributed by atoms with Crippen molar-refractivity contribution in [2.75, 3.05) is 6.26 Å². The van der Waals surface area contributed by atoms with Crippen LogP contribution in [0.5, 0.6) is 0 Å². The van der Waals surface area contributed by atoms with E-state index in [4.69, 9.17) is 5.26 Å². The van der Waals surface area contributed by atoms with Crippen molar-refractivity contribution in [3.8, 4) is 6.07 Å². The molecular formula is C13H15NO2S. The summed E-state index contributed by atoms with van der Waals surface area (Å²) in [4.78, 5) is 0. The summed E-state index contributed by atoms with van der Waals surface area (Å²) in [6.45, 7) is 2.07. The van der Waals surface area contributed by atoms with E-state index in [1.807, 2.05) is 24.3 Å². The number of hydrogen-bond donors (Lipinski definition) is 0. The lowest BCUT2D eigenvalue weighted by Crippen LogP contribution is -2.06. The second-order valence-electron chi connectivity index (χ2n) is 4.57. The Balaban J connectivity index is 2.27. The molecule has 1 aromatic rings. The van der Waals surface area contributed by atoms with E-state index in [1.165, 1.54) is 11.8 Å². The largest absolute Gasteiger partial charge is 0.229 e. The Bertz CT molecular complexity index is 554. The van der Waals surface area contributed by atoms with Gasteiger partial charge in [-0.05, 0) is 17.5 Å². The first-order chi connectivity index (χ1) is 7.99. The first kappa shape index (κ1) is 12.1. The molecule has 3 nitrogen and oxygen atoms in total. The minimum atomic E-state index is -3.13. The third-order valence-corrected chi connectivity index (χ3v) is 4.95. The number of nitriles is 1. The van der Waals surface area contributed by atoms with Crippen LogP contribution in [0.15, 0.2) is 24.3 Å². The Morgan fingerprint density at radius 3 is 2.24 bits per heavy atom. The van der Waals surface area contributed by atoms with Gasteiger partial charge in [-0.2, -0.15) is 5.26 Å². The molecule has 1 aliphatic carbocycles. The first-order valence-electron chi connectivity index (χ1n) is 5.66. The summed E-state index contributed by atoms with van der Waals surface area (Å²) >= 11 is 0. The number of sulfone groups is 1. The normalized spacial score (nSPS) is 27.5. The van der Waals surface area contributed by atoms with Gasteiger partial charge in [0.25, 0.3) is 0 Å². The van der Waals surface area contributed by atoms with Gasteiger partial charge in [-0.15, -0.1) is 0 Å². The lowest BCUT2D eigenvalue weighted by molar-refractivity contribution is 0.599. The molecule has 2 rings (SSSR count). The van der Waals surface area contributed by atoms with E-state index in [9.17, 15) is 8.42 Å². The molecule has 0 spiro atoms. The van der Waals surface area contributed by atoms with Gasteiger partial charge in [-0.3, -0.25) is 0 Å². The topological polar surface area (TPSA) is 57.9 Å². The van der Waals surface area contributed by atoms with Gasteiger partial charge in [0.15, 0.2) is 9.84 Å². The lowest BCUT2D eigenvalue weighted by atomic mass is 10.1. The number of nitrogens with zero attached hydrogens (tertiary/aromatic N) is 1. The van der Waals surface area contributed by atoms with Crippen molar-refractivity contribution >= 4 is 9.84 Å². The molecule has 0 bridgehead atoms. The molecule has 17 heavy (non-hydrogen) atoms. The fraction of sp³-hybridized carbons (Fsp3) is 0.462. The maximum Gasteiger partial charge on any atom is 0.152 e. The first-order valence-corrected chi connectivity index (χ1v) is 7.61. The highest BCUT2D eigenvalue weighted by Gasteiger charge is 2.57. The highest BCUT2D eigenvalue weighted by molar-refractivity contribution is 7.91. The van der Waals surface area contributed by atoms with E-state index in [1.54, 1.807) is 0 Å². The van der Waals surface area contributed by atoms with E-state index in [-0.39, 0.29) is 11.8 Å². The van der Waals surface area contributed by atoms with Crippen LogP contribution in [0.25, 0.3) is 0 Å². The highest BCUT2D eigenvalue weighted by atomic mass is 32.2. The average Bonchev–Trinajstić information content (AvgIpc) is 3.03. The van der Waals surface area contributed by atoms with Crippen molar-refractivity contribution < 1.29 is 8.42 Å². The Morgan fingerprint density at radius 2 is 1.88 bits per heavy atom. The fourth-order valence-corrected chi connectivity index (χ4v) is 3.87. The standard InChI is InChI=1S/C13H15NO2S/c1-3-9-4-6-10(7-5-9)12-11(8-14)13(12)17(2,15)16/h4-7,11-13H,3H2,1-2H3/t11-,12+,13+/m0/s1. The minimum Gasteiger partial charge on any atom is -0.229 e. The zero-order valence-electron chi connectivity index (χ0n) is 9.92. The Hall–Kier alpha value is -1.34. The van der Waals surface area contributed by atoms with Gasteiger partial charge in [0.05, 0.1) is 17.2 Å². The Morgan fingerprint density at radius 1 is 1.29 bits per heavy atom. The predicted molar refractivity (Wildman–Crippen MR) is 66.3 cm³/mol. The molecule has 3 atom stereocenters. The summed E-state index contributed by atoms with van der Waals surface area (Å²) in [7, 11) is -3.13. The van der Waals surface area contributed by atoms with Crippen molar-refractivity contribution in [3.63, 3.8) is 0 Å². The van der Waals surface area contributed by atoms with Crippen LogP contribution >= 0.6 is 0 Å². The fourth-order valence-electron chi connectivity index (χ4n) is 2.34. The molecule has 1 saturated carbocycles. The van der Waals surface area contributed by atoms with Crippen LogP contribution in [0.2, 0.25) is 0 Å². The van der Waals surface area contributed by atoms with Gasteiger partial charge in [-0.25, -0.2) is 8.42 Å². The van der Waals surface area contributed by atoms with Crippen LogP contribution in [0, 0.1) is 17.2 Å². The summed E-state index contributed by atoms with van der Waals surface area (Å²) in [5, 5.41) is 8.44. The molecule has 0 heterocycles. The number of aryl methyl sites for hydroxylation is 1. The van der Waals surface area contributed by atoms with Crippen molar-refractivity contribution in [2.45, 2.75) is 24.5 Å². The van der Waals surface area contributed by atoms with Gasteiger partial charge in [-0.1, -0.05) is 31.2 Å². The second kappa shape index (κ2) is 4.15. The number of hydrogen-bond acceptors (Lipinski definition) is 3. The monoisotopic (exact) mass is 249 g/mol. The Kier molecular flexibility index (Phi) is 2.96. The molecule has 0 unspecified atom stereocenters. The van der Waals surface area contributed by atoms with E-state index in [0.29, 0.717) is 0 Å². The maximum atomic E-state index is 11.5. The van der Waals surface area contributed by atoms with Gasteiger partial charge in [0.2, 0.25) is 0 Å². The van der Waals surface area contributed by atoms with Crippen molar-refractivity contribution in [2.24, 2.45) is 5.92 Å². The van der Waals surface area contributed by atoms with Crippen LogP contribution in [0.1, 0.15) is 24.0 Å². The van der Waals surface area contributed by atoms with Gasteiger partial charge in [0, 0.05) is 12.2 Å². The molecule has 0 amide bonds. The zero-order valence-corrected chi connectivity index (χ0v) is 10.7. The minimum absolute atomic E-state index is 0.138. The van der Waals surface area contributed by atoms with E-state index in [2.05, 4.69) is 13.0 Å². The number of benzene rings is 1. The molecule has 90 valence electrons. The molecule has 4 heteroatoms. The summed E-state index contributed by atoms with van der Waals surface area (Å²) in [5.74, 6) is -0.515. The third kappa shape index (κ3) is 2.20. The number of rotatable bonds is 3. The SMILES string of the molecule is CCc1ccc([C@@H]2[C@H](C#N)[C@H]2S(C)(=O)=O)cc1. The highest BCUT2D eigenvalue weighted by Crippen LogP contribution is 2.51. The summed E-state index contributed by atoms with van der Waals surface area (Å²) < 4.78 is 23.0. The molecule has 0 aliphatic heterocycles. The van der Waals surface area contributed by atoms with Crippen LogP contribution in [-0.2, 0) is 16.3 Å². The summed E-state index contributed by atoms with van der Waals surface area (Å²) in [6, 6.07) is 9.98. The van der Waals surface area contributed by atoms with E-state index in [0.717, 1.165) is 12.0 Å². The van der Waals surface area contributed by atoms with Crippen LogP contribution in [-0.4, -0.2) is 19.9 Å². The molecule has 0 saturated heterocycles. The summed E-state index contributed by atoms with van der Waals surface area (Å²) in [6.07, 6.45) is 2.17.